The summed E-state index contributed by atoms with van der Waals surface area (Å²) in [6.07, 6.45) is 3.67. The zero-order valence-electron chi connectivity index (χ0n) is 13.5. The number of amides is 1. The fourth-order valence-electron chi connectivity index (χ4n) is 2.16. The quantitative estimate of drug-likeness (QED) is 0.616. The van der Waals surface area contributed by atoms with E-state index in [1.807, 2.05) is 36.2 Å². The van der Waals surface area contributed by atoms with Crippen molar-refractivity contribution in [2.45, 2.75) is 26.3 Å². The fraction of sp³-hybridized carbons (Fsp3) is 0.412. The van der Waals surface area contributed by atoms with E-state index < -0.39 is 0 Å². The van der Waals surface area contributed by atoms with Crippen molar-refractivity contribution in [3.05, 3.63) is 35.5 Å². The maximum absolute atomic E-state index is 12.1. The van der Waals surface area contributed by atoms with Gasteiger partial charge >= 0.3 is 0 Å². The number of hydrogen-bond donors (Lipinski definition) is 1. The second-order valence-corrected chi connectivity index (χ2v) is 5.36. The molecule has 0 atom stereocenters. The number of benzene rings is 1. The van der Waals surface area contributed by atoms with Crippen LogP contribution in [0.15, 0.2) is 30.0 Å². The zero-order valence-corrected chi connectivity index (χ0v) is 13.5. The van der Waals surface area contributed by atoms with Crippen LogP contribution in [0.1, 0.15) is 25.3 Å². The Balaban J connectivity index is 1.92. The molecule has 6 nitrogen and oxygen atoms in total. The van der Waals surface area contributed by atoms with Gasteiger partial charge in [0.2, 0.25) is 6.79 Å². The van der Waals surface area contributed by atoms with E-state index in [1.54, 1.807) is 6.20 Å². The molecule has 0 unspecified atom stereocenters. The lowest BCUT2D eigenvalue weighted by atomic mass is 10.2. The van der Waals surface area contributed by atoms with Gasteiger partial charge in [-0.2, -0.15) is 5.26 Å². The van der Waals surface area contributed by atoms with Gasteiger partial charge in [-0.15, -0.1) is 0 Å². The smallest absolute Gasteiger partial charge is 0.263 e. The van der Waals surface area contributed by atoms with E-state index in [4.69, 9.17) is 14.7 Å². The maximum Gasteiger partial charge on any atom is 0.263 e. The molecule has 0 saturated carbocycles. The molecule has 1 heterocycles. The number of fused-ring (bicyclic) bond motifs is 1. The molecule has 1 N–H and O–H groups in total. The molecule has 1 aliphatic rings. The third-order valence-corrected chi connectivity index (χ3v) is 3.47. The summed E-state index contributed by atoms with van der Waals surface area (Å²) in [6.45, 7) is 3.46. The molecule has 1 aromatic carbocycles. The molecule has 0 fully saturated rings. The predicted molar refractivity (Wildman–Crippen MR) is 85.6 cm³/mol. The average Bonchev–Trinajstić information content (AvgIpc) is 3.03. The van der Waals surface area contributed by atoms with Crippen LogP contribution in [0.25, 0.3) is 0 Å². The second kappa shape index (κ2) is 8.08. The van der Waals surface area contributed by atoms with Crippen LogP contribution in [0.4, 0.5) is 0 Å². The van der Waals surface area contributed by atoms with E-state index in [-0.39, 0.29) is 18.3 Å². The van der Waals surface area contributed by atoms with Crippen molar-refractivity contribution in [2.24, 2.45) is 0 Å². The first-order valence-corrected chi connectivity index (χ1v) is 7.63. The minimum Gasteiger partial charge on any atom is -0.454 e. The van der Waals surface area contributed by atoms with Crippen molar-refractivity contribution < 1.29 is 14.3 Å². The van der Waals surface area contributed by atoms with Crippen molar-refractivity contribution in [3.63, 3.8) is 0 Å². The molecule has 122 valence electrons. The van der Waals surface area contributed by atoms with Gasteiger partial charge in [0.15, 0.2) is 11.5 Å². The number of hydrogen-bond acceptors (Lipinski definition) is 5. The average molecular weight is 315 g/mol. The summed E-state index contributed by atoms with van der Waals surface area (Å²) in [5.74, 6) is 0.996. The van der Waals surface area contributed by atoms with Crippen LogP contribution in [0.5, 0.6) is 11.5 Å². The second-order valence-electron chi connectivity index (χ2n) is 5.36. The minimum absolute atomic E-state index is 0.101. The van der Waals surface area contributed by atoms with Crippen LogP contribution in [0.2, 0.25) is 0 Å². The lowest BCUT2D eigenvalue weighted by Crippen LogP contribution is -2.25. The molecule has 1 aromatic rings. The monoisotopic (exact) mass is 315 g/mol. The molecule has 6 heteroatoms. The summed E-state index contributed by atoms with van der Waals surface area (Å²) in [6, 6.07) is 7.44. The summed E-state index contributed by atoms with van der Waals surface area (Å²) in [4.78, 5) is 14.0. The first-order chi connectivity index (χ1) is 11.1. The Morgan fingerprint density at radius 3 is 2.96 bits per heavy atom. The van der Waals surface area contributed by atoms with Crippen LogP contribution < -0.4 is 14.8 Å². The van der Waals surface area contributed by atoms with Crippen LogP contribution in [0.3, 0.4) is 0 Å². The Bertz CT molecular complexity index is 634. The zero-order chi connectivity index (χ0) is 16.7. The molecule has 0 bridgehead atoms. The van der Waals surface area contributed by atoms with E-state index >= 15 is 0 Å². The van der Waals surface area contributed by atoms with Crippen LogP contribution in [-0.2, 0) is 11.3 Å². The van der Waals surface area contributed by atoms with Gasteiger partial charge in [-0.1, -0.05) is 19.4 Å². The highest BCUT2D eigenvalue weighted by Crippen LogP contribution is 2.32. The van der Waals surface area contributed by atoms with Crippen molar-refractivity contribution in [1.29, 1.82) is 5.26 Å². The lowest BCUT2D eigenvalue weighted by Gasteiger charge is -2.14. The number of rotatable bonds is 7. The summed E-state index contributed by atoms with van der Waals surface area (Å²) in [5, 5.41) is 11.9. The predicted octanol–water partition coefficient (Wildman–Crippen LogP) is 2.17. The Hall–Kier alpha value is -2.68. The molecule has 23 heavy (non-hydrogen) atoms. The normalized spacial score (nSPS) is 12.7. The van der Waals surface area contributed by atoms with Crippen molar-refractivity contribution in [1.82, 2.24) is 10.2 Å². The van der Waals surface area contributed by atoms with E-state index in [9.17, 15) is 4.79 Å². The van der Waals surface area contributed by atoms with Crippen LogP contribution >= 0.6 is 0 Å². The third-order valence-electron chi connectivity index (χ3n) is 3.47. The van der Waals surface area contributed by atoms with Gasteiger partial charge in [-0.25, -0.2) is 0 Å². The van der Waals surface area contributed by atoms with Crippen LogP contribution in [0, 0.1) is 11.3 Å². The number of nitrogens with one attached hydrogen (secondary N) is 1. The number of carbonyl (C=O) groups is 1. The number of ether oxygens (including phenoxy) is 2. The SMILES string of the molecule is CCCCN(C)/C=C(/C#N)C(=O)NCc1ccc2c(c1)OCO2. The fourth-order valence-corrected chi connectivity index (χ4v) is 2.16. The lowest BCUT2D eigenvalue weighted by molar-refractivity contribution is -0.117. The molecule has 0 spiro atoms. The highest BCUT2D eigenvalue weighted by Gasteiger charge is 2.14. The van der Waals surface area contributed by atoms with Gasteiger partial charge in [0.1, 0.15) is 11.6 Å². The molecule has 0 saturated heterocycles. The molecule has 0 radical (unpaired) electrons. The number of carbonyl (C=O) groups excluding carboxylic acids is 1. The topological polar surface area (TPSA) is 74.6 Å². The van der Waals surface area contributed by atoms with E-state index in [0.29, 0.717) is 18.0 Å². The first kappa shape index (κ1) is 16.7. The molecule has 2 rings (SSSR count). The largest absolute Gasteiger partial charge is 0.454 e. The van der Waals surface area contributed by atoms with Crippen molar-refractivity contribution >= 4 is 5.91 Å². The Morgan fingerprint density at radius 1 is 1.43 bits per heavy atom. The minimum atomic E-state index is -0.381. The Labute approximate surface area is 136 Å². The van der Waals surface area contributed by atoms with Gasteiger partial charge in [0, 0.05) is 26.3 Å². The molecule has 0 aromatic heterocycles. The van der Waals surface area contributed by atoms with Gasteiger partial charge in [-0.05, 0) is 24.1 Å². The first-order valence-electron chi connectivity index (χ1n) is 7.63. The number of nitriles is 1. The third kappa shape index (κ3) is 4.65. The number of unbranched alkanes of at least 4 members (excludes halogenated alkanes) is 1. The van der Waals surface area contributed by atoms with E-state index in [2.05, 4.69) is 12.2 Å². The Morgan fingerprint density at radius 2 is 2.22 bits per heavy atom. The van der Waals surface area contributed by atoms with Gasteiger partial charge < -0.3 is 19.7 Å². The van der Waals surface area contributed by atoms with Crippen molar-refractivity contribution in [3.8, 4) is 17.6 Å². The molecule has 0 aliphatic carbocycles. The van der Waals surface area contributed by atoms with Crippen LogP contribution in [-0.4, -0.2) is 31.2 Å². The van der Waals surface area contributed by atoms with Gasteiger partial charge in [-0.3, -0.25) is 4.79 Å². The van der Waals surface area contributed by atoms with E-state index in [0.717, 1.165) is 24.9 Å². The summed E-state index contributed by atoms with van der Waals surface area (Å²) < 4.78 is 10.5. The summed E-state index contributed by atoms with van der Waals surface area (Å²) >= 11 is 0. The summed E-state index contributed by atoms with van der Waals surface area (Å²) in [5.41, 5.74) is 0.989. The highest BCUT2D eigenvalue weighted by atomic mass is 16.7. The standard InChI is InChI=1S/C17H21N3O3/c1-3-4-7-20(2)11-14(9-18)17(21)19-10-13-5-6-15-16(8-13)23-12-22-15/h5-6,8,11H,3-4,7,10,12H2,1-2H3,(H,19,21)/b14-11-. The summed E-state index contributed by atoms with van der Waals surface area (Å²) in [7, 11) is 1.86. The maximum atomic E-state index is 12.1. The molecule has 1 aliphatic heterocycles. The van der Waals surface area contributed by atoms with Crippen molar-refractivity contribution in [2.75, 3.05) is 20.4 Å². The number of nitrogens with zero attached hydrogens (tertiary/aromatic N) is 2. The molecular weight excluding hydrogens is 294 g/mol. The van der Waals surface area contributed by atoms with Gasteiger partial charge in [0.25, 0.3) is 5.91 Å². The van der Waals surface area contributed by atoms with Gasteiger partial charge in [0.05, 0.1) is 0 Å². The molecule has 1 amide bonds. The van der Waals surface area contributed by atoms with E-state index in [1.165, 1.54) is 0 Å². The highest BCUT2D eigenvalue weighted by molar-refractivity contribution is 5.97. The Kier molecular flexibility index (Phi) is 5.87. The molecular formula is C17H21N3O3.